The molecule has 2 atom stereocenters. The maximum atomic E-state index is 12.0. The Morgan fingerprint density at radius 1 is 1.22 bits per heavy atom. The van der Waals surface area contributed by atoms with Crippen LogP contribution in [-0.2, 0) is 19.0 Å². The van der Waals surface area contributed by atoms with Crippen LogP contribution in [0.4, 0.5) is 0 Å². The van der Waals surface area contributed by atoms with E-state index in [0.717, 1.165) is 5.76 Å². The average molecular weight is 250 g/mol. The molecule has 2 unspecified atom stereocenters. The highest BCUT2D eigenvalue weighted by molar-refractivity contribution is 5.89. The van der Waals surface area contributed by atoms with Crippen LogP contribution in [0.25, 0.3) is 0 Å². The van der Waals surface area contributed by atoms with Crippen LogP contribution >= 0.6 is 0 Å². The van der Waals surface area contributed by atoms with Crippen molar-refractivity contribution in [2.75, 3.05) is 7.11 Å². The van der Waals surface area contributed by atoms with Crippen molar-refractivity contribution in [2.24, 2.45) is 0 Å². The zero-order valence-corrected chi connectivity index (χ0v) is 10.9. The molecule has 0 spiro atoms. The number of esters is 1. The lowest BCUT2D eigenvalue weighted by atomic mass is 10.1. The smallest absolute Gasteiger partial charge is 0.334 e. The van der Waals surface area contributed by atoms with Crippen molar-refractivity contribution in [1.82, 2.24) is 0 Å². The third kappa shape index (κ3) is 2.94. The standard InChI is InChI=1S/C14H18O4/c1-9-6-10(2)18-14(15)11-4-5-12(16-3)8-13(7-11)17-9/h4-5,8-10H,6-7H2,1-3H3. The molecule has 0 amide bonds. The van der Waals surface area contributed by atoms with Crippen LogP contribution in [0.2, 0.25) is 0 Å². The van der Waals surface area contributed by atoms with Gasteiger partial charge in [-0.3, -0.25) is 0 Å². The Bertz CT molecular complexity index is 431. The summed E-state index contributed by atoms with van der Waals surface area (Å²) >= 11 is 0. The second kappa shape index (κ2) is 5.29. The summed E-state index contributed by atoms with van der Waals surface area (Å²) < 4.78 is 16.4. The van der Waals surface area contributed by atoms with E-state index in [1.165, 1.54) is 0 Å². The van der Waals surface area contributed by atoms with Gasteiger partial charge in [-0.05, 0) is 26.0 Å². The summed E-state index contributed by atoms with van der Waals surface area (Å²) in [6.07, 6.45) is 6.31. The average Bonchev–Trinajstić information content (AvgIpc) is 2.47. The number of fused-ring (bicyclic) bond motifs is 2. The summed E-state index contributed by atoms with van der Waals surface area (Å²) in [4.78, 5) is 12.0. The summed E-state index contributed by atoms with van der Waals surface area (Å²) in [5.74, 6) is 1.14. The van der Waals surface area contributed by atoms with Crippen LogP contribution < -0.4 is 0 Å². The Kier molecular flexibility index (Phi) is 3.75. The third-order valence-electron chi connectivity index (χ3n) is 2.94. The number of methoxy groups -OCH3 is 1. The predicted octanol–water partition coefficient (Wildman–Crippen LogP) is 2.47. The molecule has 0 aromatic rings. The van der Waals surface area contributed by atoms with Crippen LogP contribution in [0.15, 0.2) is 35.3 Å². The number of hydrogen-bond donors (Lipinski definition) is 0. The fourth-order valence-electron chi connectivity index (χ4n) is 2.11. The summed E-state index contributed by atoms with van der Waals surface area (Å²) in [5.41, 5.74) is 0.592. The number of hydrogen-bond acceptors (Lipinski definition) is 4. The Hall–Kier alpha value is -1.71. The van der Waals surface area contributed by atoms with E-state index in [0.29, 0.717) is 24.2 Å². The third-order valence-corrected chi connectivity index (χ3v) is 2.94. The molecular weight excluding hydrogens is 232 g/mol. The van der Waals surface area contributed by atoms with Crippen molar-refractivity contribution in [1.29, 1.82) is 0 Å². The van der Waals surface area contributed by atoms with E-state index in [2.05, 4.69) is 0 Å². The van der Waals surface area contributed by atoms with Crippen molar-refractivity contribution in [3.8, 4) is 0 Å². The monoisotopic (exact) mass is 250 g/mol. The molecule has 4 nitrogen and oxygen atoms in total. The van der Waals surface area contributed by atoms with Crippen molar-refractivity contribution in [3.05, 3.63) is 35.3 Å². The van der Waals surface area contributed by atoms with E-state index in [-0.39, 0.29) is 18.2 Å². The molecule has 0 N–H and O–H groups in total. The van der Waals surface area contributed by atoms with Gasteiger partial charge < -0.3 is 14.2 Å². The SMILES string of the molecule is COC1=CC=C2CC(=C1)OC(C)CC(C)OC2=O. The van der Waals surface area contributed by atoms with Gasteiger partial charge in [-0.25, -0.2) is 4.79 Å². The van der Waals surface area contributed by atoms with Crippen molar-refractivity contribution < 1.29 is 19.0 Å². The number of allylic oxidation sites excluding steroid dienone is 4. The molecular formula is C14H18O4. The highest BCUT2D eigenvalue weighted by Crippen LogP contribution is 2.25. The minimum atomic E-state index is -0.278. The first-order chi connectivity index (χ1) is 8.58. The van der Waals surface area contributed by atoms with Crippen LogP contribution in [0, 0.1) is 0 Å². The highest BCUT2D eigenvalue weighted by Gasteiger charge is 2.24. The van der Waals surface area contributed by atoms with Crippen LogP contribution in [0.1, 0.15) is 26.7 Å². The second-order valence-electron chi connectivity index (χ2n) is 4.63. The molecule has 2 rings (SSSR count). The molecule has 1 aliphatic heterocycles. The van der Waals surface area contributed by atoms with Crippen LogP contribution in [0.5, 0.6) is 0 Å². The molecule has 18 heavy (non-hydrogen) atoms. The summed E-state index contributed by atoms with van der Waals surface area (Å²) in [5, 5.41) is 0. The summed E-state index contributed by atoms with van der Waals surface area (Å²) in [7, 11) is 1.59. The zero-order valence-electron chi connectivity index (χ0n) is 10.9. The van der Waals surface area contributed by atoms with Gasteiger partial charge in [-0.1, -0.05) is 0 Å². The normalized spacial score (nSPS) is 28.2. The fraction of sp³-hybridized carbons (Fsp3) is 0.500. The van der Waals surface area contributed by atoms with Crippen molar-refractivity contribution in [3.63, 3.8) is 0 Å². The van der Waals surface area contributed by atoms with E-state index in [1.54, 1.807) is 19.3 Å². The molecule has 2 bridgehead atoms. The molecule has 0 aromatic heterocycles. The maximum absolute atomic E-state index is 12.0. The first kappa shape index (κ1) is 12.7. The van der Waals surface area contributed by atoms with E-state index < -0.39 is 0 Å². The first-order valence-electron chi connectivity index (χ1n) is 6.11. The molecule has 1 aliphatic carbocycles. The van der Waals surface area contributed by atoms with Gasteiger partial charge in [-0.2, -0.15) is 0 Å². The van der Waals surface area contributed by atoms with Gasteiger partial charge in [0.1, 0.15) is 17.6 Å². The Morgan fingerprint density at radius 2 is 1.94 bits per heavy atom. The number of ether oxygens (including phenoxy) is 3. The Morgan fingerprint density at radius 3 is 2.67 bits per heavy atom. The zero-order chi connectivity index (χ0) is 13.1. The lowest BCUT2D eigenvalue weighted by Gasteiger charge is -2.18. The summed E-state index contributed by atoms with van der Waals surface area (Å²) in [6, 6.07) is 0. The van der Waals surface area contributed by atoms with E-state index in [4.69, 9.17) is 14.2 Å². The lowest BCUT2D eigenvalue weighted by Crippen LogP contribution is -2.19. The lowest BCUT2D eigenvalue weighted by molar-refractivity contribution is -0.144. The quantitative estimate of drug-likeness (QED) is 0.671. The van der Waals surface area contributed by atoms with Gasteiger partial charge in [0.25, 0.3) is 0 Å². The minimum absolute atomic E-state index is 0.00889. The van der Waals surface area contributed by atoms with Crippen LogP contribution in [-0.4, -0.2) is 25.3 Å². The van der Waals surface area contributed by atoms with Gasteiger partial charge in [0.15, 0.2) is 0 Å². The van der Waals surface area contributed by atoms with Crippen molar-refractivity contribution in [2.45, 2.75) is 38.9 Å². The number of carbonyl (C=O) groups excluding carboxylic acids is 1. The summed E-state index contributed by atoms with van der Waals surface area (Å²) in [6.45, 7) is 3.85. The molecule has 0 radical (unpaired) electrons. The van der Waals surface area contributed by atoms with E-state index >= 15 is 0 Å². The number of rotatable bonds is 1. The molecule has 1 saturated heterocycles. The largest absolute Gasteiger partial charge is 0.497 e. The van der Waals surface area contributed by atoms with E-state index in [1.807, 2.05) is 19.9 Å². The fourth-order valence-corrected chi connectivity index (χ4v) is 2.11. The Balaban J connectivity index is 2.34. The molecule has 4 heteroatoms. The predicted molar refractivity (Wildman–Crippen MR) is 66.6 cm³/mol. The van der Waals surface area contributed by atoms with Gasteiger partial charge in [0.05, 0.1) is 13.2 Å². The molecule has 0 aromatic carbocycles. The Labute approximate surface area is 107 Å². The van der Waals surface area contributed by atoms with Gasteiger partial charge >= 0.3 is 5.97 Å². The molecule has 1 fully saturated rings. The molecule has 1 heterocycles. The molecule has 98 valence electrons. The van der Waals surface area contributed by atoms with Crippen LogP contribution in [0.3, 0.4) is 0 Å². The maximum Gasteiger partial charge on any atom is 0.334 e. The van der Waals surface area contributed by atoms with Crippen molar-refractivity contribution >= 4 is 5.97 Å². The minimum Gasteiger partial charge on any atom is -0.497 e. The van der Waals surface area contributed by atoms with Gasteiger partial charge in [0.2, 0.25) is 0 Å². The molecule has 2 aliphatic rings. The van der Waals surface area contributed by atoms with E-state index in [9.17, 15) is 4.79 Å². The van der Waals surface area contributed by atoms with Gasteiger partial charge in [-0.15, -0.1) is 0 Å². The molecule has 0 saturated carbocycles. The number of carbonyl (C=O) groups is 1. The highest BCUT2D eigenvalue weighted by atomic mass is 16.5. The van der Waals surface area contributed by atoms with Gasteiger partial charge in [0, 0.05) is 24.5 Å². The first-order valence-corrected chi connectivity index (χ1v) is 6.11. The number of cyclic esters (lactones) is 1. The second-order valence-corrected chi connectivity index (χ2v) is 4.63. The topological polar surface area (TPSA) is 44.8 Å².